The van der Waals surface area contributed by atoms with E-state index in [2.05, 4.69) is 12.1 Å². The Balaban J connectivity index is 0.000000509. The highest BCUT2D eigenvalue weighted by atomic mass is 127. The summed E-state index contributed by atoms with van der Waals surface area (Å²) >= 11 is -0.443. The van der Waals surface area contributed by atoms with E-state index in [-0.39, 0.29) is 11.6 Å². The number of carboxylic acid groups (broad SMARTS) is 1. The van der Waals surface area contributed by atoms with Crippen LogP contribution in [0.2, 0.25) is 0 Å². The minimum absolute atomic E-state index is 0.0976. The van der Waals surface area contributed by atoms with Crippen LogP contribution >= 0.6 is 0 Å². The Morgan fingerprint density at radius 2 is 1.65 bits per heavy atom. The second-order valence-electron chi connectivity index (χ2n) is 7.36. The van der Waals surface area contributed by atoms with E-state index in [0.717, 1.165) is 17.1 Å². The molecule has 0 spiro atoms. The van der Waals surface area contributed by atoms with Crippen LogP contribution in [0.5, 0.6) is 11.5 Å². The number of hydrogen-bond acceptors (Lipinski definition) is 6. The summed E-state index contributed by atoms with van der Waals surface area (Å²) in [4.78, 5) is 33.2. The van der Waals surface area contributed by atoms with Gasteiger partial charge in [0.05, 0.1) is 20.1 Å². The monoisotopic (exact) mass is 592 g/mol. The average Bonchev–Trinajstić information content (AvgIpc) is 2.80. The predicted molar refractivity (Wildman–Crippen MR) is 110 cm³/mol. The average molecular weight is 592 g/mol. The third-order valence-electron chi connectivity index (χ3n) is 5.04. The highest BCUT2D eigenvalue weighted by molar-refractivity contribution is 6.04. The van der Waals surface area contributed by atoms with Crippen molar-refractivity contribution in [1.29, 1.82) is 0 Å². The van der Waals surface area contributed by atoms with E-state index in [1.54, 1.807) is 14.2 Å². The zero-order chi connectivity index (χ0) is 25.3. The molecule has 0 aliphatic heterocycles. The molecule has 2 aromatic rings. The van der Waals surface area contributed by atoms with Crippen LogP contribution in [0.3, 0.4) is 0 Å². The fraction of sp³-hybridized carbons (Fsp3) is 0.375. The number of alkyl halides is 3. The van der Waals surface area contributed by atoms with Gasteiger partial charge in [0.2, 0.25) is 3.57 Å². The number of methoxy groups -OCH3 is 2. The summed E-state index contributed by atoms with van der Waals surface area (Å²) in [6.07, 6.45) is -2.19. The Bertz CT molecular complexity index is 992. The lowest BCUT2D eigenvalue weighted by Crippen LogP contribution is -3.61. The molecule has 0 N–H and O–H groups in total. The smallest absolute Gasteiger partial charge is 0.430 e. The first-order chi connectivity index (χ1) is 16.1. The Morgan fingerprint density at radius 1 is 1.06 bits per heavy atom. The van der Waals surface area contributed by atoms with Gasteiger partial charge in [0.25, 0.3) is 0 Å². The summed E-state index contributed by atoms with van der Waals surface area (Å²) in [5.74, 6) is -1.70. The number of ketones is 2. The number of ether oxygens (including phenoxy) is 2. The van der Waals surface area contributed by atoms with Crippen LogP contribution in [-0.2, 0) is 20.8 Å². The van der Waals surface area contributed by atoms with Crippen LogP contribution in [0.1, 0.15) is 31.2 Å². The number of carboxylic acids is 1. The molecule has 1 aliphatic carbocycles. The lowest BCUT2D eigenvalue weighted by Gasteiger charge is -2.19. The fourth-order valence-electron chi connectivity index (χ4n) is 3.36. The van der Waals surface area contributed by atoms with Gasteiger partial charge in [0.1, 0.15) is 23.3 Å². The minimum atomic E-state index is -5.19. The molecule has 0 saturated heterocycles. The molecule has 0 aromatic heterocycles. The van der Waals surface area contributed by atoms with Gasteiger partial charge in [0, 0.05) is 24.5 Å². The first-order valence-electron chi connectivity index (χ1n) is 10.3. The predicted octanol–water partition coefficient (Wildman–Crippen LogP) is 0.00170. The number of benzene rings is 2. The molecule has 0 bridgehead atoms. The van der Waals surface area contributed by atoms with Crippen molar-refractivity contribution >= 4 is 17.5 Å². The number of aliphatic carboxylic acids is 1. The van der Waals surface area contributed by atoms with Gasteiger partial charge in [-0.15, -0.1) is 0 Å². The lowest BCUT2D eigenvalue weighted by molar-refractivity contribution is -0.599. The van der Waals surface area contributed by atoms with Gasteiger partial charge in [-0.3, -0.25) is 9.59 Å². The Morgan fingerprint density at radius 3 is 2.15 bits per heavy atom. The van der Waals surface area contributed by atoms with Crippen molar-refractivity contribution in [3.63, 3.8) is 0 Å². The number of Topliss-reactive ketones (excluding diaryl/α,β-unsaturated/α-hetero) is 2. The molecule has 2 aromatic carbocycles. The number of hydrogen-bond donors (Lipinski definition) is 0. The van der Waals surface area contributed by atoms with Crippen molar-refractivity contribution in [1.82, 2.24) is 0 Å². The van der Waals surface area contributed by atoms with Crippen molar-refractivity contribution < 1.29 is 63.3 Å². The summed E-state index contributed by atoms with van der Waals surface area (Å²) in [5.41, 5.74) is 1.12. The molecule has 184 valence electrons. The maximum absolute atomic E-state index is 12.2. The number of carbonyl (C=O) groups excluding carboxylic acids is 3. The van der Waals surface area contributed by atoms with Gasteiger partial charge in [-0.2, -0.15) is 13.2 Å². The van der Waals surface area contributed by atoms with E-state index in [9.17, 15) is 22.8 Å². The molecule has 6 nitrogen and oxygen atoms in total. The second kappa shape index (κ2) is 12.7. The van der Waals surface area contributed by atoms with Gasteiger partial charge in [-0.25, -0.2) is 0 Å². The Kier molecular flexibility index (Phi) is 10.3. The Hall–Kier alpha value is -2.63. The molecule has 0 amide bonds. The normalized spacial score (nSPS) is 14.3. The highest BCUT2D eigenvalue weighted by Crippen LogP contribution is 2.27. The number of carbonyl (C=O) groups is 3. The molecule has 0 atom stereocenters. The van der Waals surface area contributed by atoms with Crippen LogP contribution in [0.4, 0.5) is 13.2 Å². The summed E-state index contributed by atoms with van der Waals surface area (Å²) < 4.78 is 45.1. The first-order valence-corrected chi connectivity index (χ1v) is 12.5. The Labute approximate surface area is 205 Å². The van der Waals surface area contributed by atoms with Crippen LogP contribution in [0, 0.1) is 13.1 Å². The van der Waals surface area contributed by atoms with E-state index < -0.39 is 39.3 Å². The molecule has 0 radical (unpaired) electrons. The van der Waals surface area contributed by atoms with Gasteiger partial charge in [0.15, 0.2) is 9.32 Å². The second-order valence-corrected chi connectivity index (χ2v) is 10.2. The SMILES string of the molecule is COc1cc(CCC2C(=O)CCCC2=O)c([I+]c2ccccc2)c(OC)c1.O=C([O-])C(F)(F)F. The third kappa shape index (κ3) is 8.00. The van der Waals surface area contributed by atoms with Crippen LogP contribution < -0.4 is 35.8 Å². The molecule has 1 saturated carbocycles. The standard InChI is InChI=1S/C22H24IO4.C2HF3O2/c1-26-17-13-15(11-12-18-19(24)9-6-10-20(18)25)22(21(14-17)27-2)23-16-7-4-3-5-8-16;3-2(4,5)1(6)7/h3-5,7-8,13-14,18H,6,9-12H2,1-2H3;(H,6,7)/q+1;/p-1. The minimum Gasteiger partial charge on any atom is -0.542 e. The van der Waals surface area contributed by atoms with Gasteiger partial charge in [-0.1, -0.05) is 18.2 Å². The number of aryl methyl sites for hydroxylation is 1. The van der Waals surface area contributed by atoms with E-state index in [1.165, 1.54) is 7.14 Å². The molecule has 0 heterocycles. The maximum Gasteiger partial charge on any atom is 0.430 e. The van der Waals surface area contributed by atoms with Crippen molar-refractivity contribution in [3.05, 3.63) is 55.2 Å². The van der Waals surface area contributed by atoms with Gasteiger partial charge >= 0.3 is 27.4 Å². The molecule has 1 aliphatic rings. The molecule has 3 rings (SSSR count). The van der Waals surface area contributed by atoms with E-state index in [1.807, 2.05) is 30.3 Å². The summed E-state index contributed by atoms with van der Waals surface area (Å²) in [7, 11) is 3.31. The lowest BCUT2D eigenvalue weighted by atomic mass is 9.83. The van der Waals surface area contributed by atoms with Gasteiger partial charge in [-0.05, 0) is 37.5 Å². The third-order valence-corrected chi connectivity index (χ3v) is 8.14. The molecule has 0 unspecified atom stereocenters. The first kappa shape index (κ1) is 27.6. The summed E-state index contributed by atoms with van der Waals surface area (Å²) in [6.45, 7) is 0. The largest absolute Gasteiger partial charge is 0.542 e. The molecular weight excluding hydrogens is 568 g/mol. The summed E-state index contributed by atoms with van der Waals surface area (Å²) in [6, 6.07) is 14.3. The van der Waals surface area contributed by atoms with Crippen molar-refractivity contribution in [2.45, 2.75) is 38.3 Å². The van der Waals surface area contributed by atoms with Crippen molar-refractivity contribution in [2.24, 2.45) is 5.92 Å². The summed E-state index contributed by atoms with van der Waals surface area (Å²) in [5, 5.41) is 8.78. The molecule has 1 fully saturated rings. The topological polar surface area (TPSA) is 92.7 Å². The van der Waals surface area contributed by atoms with E-state index in [0.29, 0.717) is 32.1 Å². The van der Waals surface area contributed by atoms with Crippen LogP contribution in [0.15, 0.2) is 42.5 Å². The molecule has 10 heteroatoms. The number of rotatable bonds is 7. The quantitative estimate of drug-likeness (QED) is 0.332. The maximum atomic E-state index is 12.2. The fourth-order valence-corrected chi connectivity index (χ4v) is 6.17. The highest BCUT2D eigenvalue weighted by Gasteiger charge is 2.32. The zero-order valence-electron chi connectivity index (χ0n) is 18.6. The zero-order valence-corrected chi connectivity index (χ0v) is 20.8. The number of halogens is 4. The molecular formula is C24H24F3IO6. The van der Waals surface area contributed by atoms with Crippen molar-refractivity contribution in [2.75, 3.05) is 14.2 Å². The van der Waals surface area contributed by atoms with Crippen LogP contribution in [0.25, 0.3) is 0 Å². The van der Waals surface area contributed by atoms with Crippen LogP contribution in [-0.4, -0.2) is 37.9 Å². The molecule has 34 heavy (non-hydrogen) atoms. The van der Waals surface area contributed by atoms with E-state index in [4.69, 9.17) is 19.4 Å². The van der Waals surface area contributed by atoms with Gasteiger partial charge < -0.3 is 19.4 Å². The van der Waals surface area contributed by atoms with E-state index >= 15 is 0 Å². The van der Waals surface area contributed by atoms with Crippen molar-refractivity contribution in [3.8, 4) is 11.5 Å².